The van der Waals surface area contributed by atoms with Crippen molar-refractivity contribution in [2.75, 3.05) is 26.8 Å². The lowest BCUT2D eigenvalue weighted by Crippen LogP contribution is -2.49. The molecule has 0 saturated carbocycles. The van der Waals surface area contributed by atoms with Gasteiger partial charge < -0.3 is 15.4 Å². The van der Waals surface area contributed by atoms with E-state index in [2.05, 4.69) is 6.92 Å². The van der Waals surface area contributed by atoms with E-state index in [-0.39, 0.29) is 11.9 Å². The number of methoxy groups -OCH3 is 1. The summed E-state index contributed by atoms with van der Waals surface area (Å²) in [5.41, 5.74) is 5.73. The molecule has 4 nitrogen and oxygen atoms in total. The fourth-order valence-electron chi connectivity index (χ4n) is 2.31. The molecule has 2 unspecified atom stereocenters. The first-order valence-electron chi connectivity index (χ1n) is 6.17. The van der Waals surface area contributed by atoms with Gasteiger partial charge in [0.25, 0.3) is 0 Å². The molecule has 1 fully saturated rings. The van der Waals surface area contributed by atoms with Gasteiger partial charge in [0.15, 0.2) is 0 Å². The highest BCUT2D eigenvalue weighted by Gasteiger charge is 2.28. The zero-order chi connectivity index (χ0) is 12.0. The number of nitrogens with two attached hydrogens (primary N) is 1. The molecule has 0 radical (unpaired) electrons. The SMILES string of the molecule is COCCCC(=O)N1CCC(C)CC1CN. The molecule has 94 valence electrons. The molecule has 0 spiro atoms. The van der Waals surface area contributed by atoms with E-state index in [4.69, 9.17) is 10.5 Å². The summed E-state index contributed by atoms with van der Waals surface area (Å²) < 4.78 is 4.95. The number of likely N-dealkylation sites (tertiary alicyclic amines) is 1. The highest BCUT2D eigenvalue weighted by Crippen LogP contribution is 2.22. The number of carbonyl (C=O) groups is 1. The van der Waals surface area contributed by atoms with Crippen LogP contribution in [0.5, 0.6) is 0 Å². The molecular formula is C12H24N2O2. The van der Waals surface area contributed by atoms with E-state index in [9.17, 15) is 4.79 Å². The third-order valence-electron chi connectivity index (χ3n) is 3.31. The second-order valence-corrected chi connectivity index (χ2v) is 4.70. The van der Waals surface area contributed by atoms with Gasteiger partial charge in [0.05, 0.1) is 0 Å². The van der Waals surface area contributed by atoms with Crippen LogP contribution in [0, 0.1) is 5.92 Å². The average molecular weight is 228 g/mol. The number of ether oxygens (including phenoxy) is 1. The molecule has 0 aromatic rings. The van der Waals surface area contributed by atoms with Crippen LogP contribution in [-0.4, -0.2) is 43.7 Å². The maximum atomic E-state index is 12.0. The lowest BCUT2D eigenvalue weighted by Gasteiger charge is -2.38. The van der Waals surface area contributed by atoms with E-state index in [1.165, 1.54) is 0 Å². The first kappa shape index (κ1) is 13.5. The van der Waals surface area contributed by atoms with Crippen LogP contribution < -0.4 is 5.73 Å². The molecule has 16 heavy (non-hydrogen) atoms. The monoisotopic (exact) mass is 228 g/mol. The van der Waals surface area contributed by atoms with Crippen LogP contribution in [0.1, 0.15) is 32.6 Å². The van der Waals surface area contributed by atoms with E-state index in [1.807, 2.05) is 4.90 Å². The van der Waals surface area contributed by atoms with Crippen molar-refractivity contribution < 1.29 is 9.53 Å². The van der Waals surface area contributed by atoms with Gasteiger partial charge in [-0.25, -0.2) is 0 Å². The van der Waals surface area contributed by atoms with Gasteiger partial charge in [-0.2, -0.15) is 0 Å². The predicted molar refractivity (Wildman–Crippen MR) is 64.1 cm³/mol. The normalized spacial score (nSPS) is 25.8. The molecule has 4 heteroatoms. The summed E-state index contributed by atoms with van der Waals surface area (Å²) in [6.45, 7) is 4.34. The number of rotatable bonds is 5. The van der Waals surface area contributed by atoms with Crippen molar-refractivity contribution >= 4 is 5.91 Å². The van der Waals surface area contributed by atoms with Gasteiger partial charge >= 0.3 is 0 Å². The van der Waals surface area contributed by atoms with E-state index in [0.717, 1.165) is 25.8 Å². The van der Waals surface area contributed by atoms with Gasteiger partial charge in [-0.1, -0.05) is 6.92 Å². The zero-order valence-corrected chi connectivity index (χ0v) is 10.4. The molecule has 1 heterocycles. The van der Waals surface area contributed by atoms with Crippen LogP contribution >= 0.6 is 0 Å². The summed E-state index contributed by atoms with van der Waals surface area (Å²) in [4.78, 5) is 13.9. The van der Waals surface area contributed by atoms with Crippen LogP contribution in [0.3, 0.4) is 0 Å². The predicted octanol–water partition coefficient (Wildman–Crippen LogP) is 0.999. The lowest BCUT2D eigenvalue weighted by atomic mass is 9.92. The Morgan fingerprint density at radius 1 is 1.56 bits per heavy atom. The largest absolute Gasteiger partial charge is 0.385 e. The lowest BCUT2D eigenvalue weighted by molar-refractivity contribution is -0.135. The summed E-state index contributed by atoms with van der Waals surface area (Å²) in [7, 11) is 1.66. The average Bonchev–Trinajstić information content (AvgIpc) is 2.29. The minimum atomic E-state index is 0.236. The minimum absolute atomic E-state index is 0.236. The standard InChI is InChI=1S/C12H24N2O2/c1-10-5-6-14(11(8-10)9-13)12(15)4-3-7-16-2/h10-11H,3-9,13H2,1-2H3. The molecule has 1 aliphatic heterocycles. The fraction of sp³-hybridized carbons (Fsp3) is 0.917. The highest BCUT2D eigenvalue weighted by atomic mass is 16.5. The molecule has 1 amide bonds. The molecule has 1 saturated heterocycles. The fourth-order valence-corrected chi connectivity index (χ4v) is 2.31. The Balaban J connectivity index is 2.40. The van der Waals surface area contributed by atoms with Crippen LogP contribution in [0.15, 0.2) is 0 Å². The molecule has 1 rings (SSSR count). The van der Waals surface area contributed by atoms with Crippen LogP contribution in [0.25, 0.3) is 0 Å². The summed E-state index contributed by atoms with van der Waals surface area (Å²) in [6.07, 6.45) is 3.54. The van der Waals surface area contributed by atoms with Crippen LogP contribution in [-0.2, 0) is 9.53 Å². The van der Waals surface area contributed by atoms with E-state index in [1.54, 1.807) is 7.11 Å². The molecule has 2 N–H and O–H groups in total. The van der Waals surface area contributed by atoms with Crippen molar-refractivity contribution in [3.63, 3.8) is 0 Å². The molecule has 0 aliphatic carbocycles. The molecule has 1 aliphatic rings. The molecule has 2 atom stereocenters. The maximum Gasteiger partial charge on any atom is 0.222 e. The quantitative estimate of drug-likeness (QED) is 0.714. The van der Waals surface area contributed by atoms with Crippen molar-refractivity contribution in [1.82, 2.24) is 4.90 Å². The topological polar surface area (TPSA) is 55.6 Å². The number of hydrogen-bond donors (Lipinski definition) is 1. The molecular weight excluding hydrogens is 204 g/mol. The van der Waals surface area contributed by atoms with E-state index >= 15 is 0 Å². The van der Waals surface area contributed by atoms with Gasteiger partial charge in [0.2, 0.25) is 5.91 Å². The number of nitrogens with zero attached hydrogens (tertiary/aromatic N) is 1. The van der Waals surface area contributed by atoms with Crippen molar-refractivity contribution in [2.24, 2.45) is 11.7 Å². The second kappa shape index (κ2) is 6.86. The number of amides is 1. The van der Waals surface area contributed by atoms with Gasteiger partial charge in [0.1, 0.15) is 0 Å². The Hall–Kier alpha value is -0.610. The highest BCUT2D eigenvalue weighted by molar-refractivity contribution is 5.76. The first-order valence-corrected chi connectivity index (χ1v) is 6.17. The third-order valence-corrected chi connectivity index (χ3v) is 3.31. The Morgan fingerprint density at radius 2 is 2.31 bits per heavy atom. The summed E-state index contributed by atoms with van der Waals surface area (Å²) in [6, 6.07) is 0.249. The Kier molecular flexibility index (Phi) is 5.77. The summed E-state index contributed by atoms with van der Waals surface area (Å²) >= 11 is 0. The maximum absolute atomic E-state index is 12.0. The molecule has 0 bridgehead atoms. The first-order chi connectivity index (χ1) is 7.69. The van der Waals surface area contributed by atoms with Gasteiger partial charge in [-0.05, 0) is 25.2 Å². The van der Waals surface area contributed by atoms with Gasteiger partial charge in [0, 0.05) is 39.3 Å². The second-order valence-electron chi connectivity index (χ2n) is 4.70. The summed E-state index contributed by atoms with van der Waals surface area (Å²) in [5.74, 6) is 0.927. The Morgan fingerprint density at radius 3 is 2.94 bits per heavy atom. The van der Waals surface area contributed by atoms with Crippen LogP contribution in [0.2, 0.25) is 0 Å². The van der Waals surface area contributed by atoms with Crippen molar-refractivity contribution in [1.29, 1.82) is 0 Å². The summed E-state index contributed by atoms with van der Waals surface area (Å²) in [5, 5.41) is 0. The van der Waals surface area contributed by atoms with Gasteiger partial charge in [-0.15, -0.1) is 0 Å². The Labute approximate surface area is 98.1 Å². The molecule has 0 aromatic carbocycles. The smallest absolute Gasteiger partial charge is 0.222 e. The van der Waals surface area contributed by atoms with Crippen molar-refractivity contribution in [3.05, 3.63) is 0 Å². The Bertz CT molecular complexity index is 221. The van der Waals surface area contributed by atoms with E-state index in [0.29, 0.717) is 25.5 Å². The van der Waals surface area contributed by atoms with Crippen LogP contribution in [0.4, 0.5) is 0 Å². The minimum Gasteiger partial charge on any atom is -0.385 e. The number of hydrogen-bond acceptors (Lipinski definition) is 3. The zero-order valence-electron chi connectivity index (χ0n) is 10.4. The van der Waals surface area contributed by atoms with E-state index < -0.39 is 0 Å². The van der Waals surface area contributed by atoms with Crippen molar-refractivity contribution in [3.8, 4) is 0 Å². The molecule has 0 aromatic heterocycles. The van der Waals surface area contributed by atoms with Gasteiger partial charge in [-0.3, -0.25) is 4.79 Å². The number of carbonyl (C=O) groups excluding carboxylic acids is 1. The van der Waals surface area contributed by atoms with Crippen molar-refractivity contribution in [2.45, 2.75) is 38.6 Å². The third kappa shape index (κ3) is 3.76. The number of piperidine rings is 1.